The Hall–Kier alpha value is -3.07. The van der Waals surface area contributed by atoms with E-state index < -0.39 is 18.2 Å². The molecule has 1 aromatic heterocycles. The van der Waals surface area contributed by atoms with E-state index in [1.54, 1.807) is 25.4 Å². The lowest BCUT2D eigenvalue weighted by Crippen LogP contribution is -2.36. The van der Waals surface area contributed by atoms with Crippen molar-refractivity contribution in [1.82, 2.24) is 15.6 Å². The van der Waals surface area contributed by atoms with Gasteiger partial charge in [-0.15, -0.1) is 0 Å². The zero-order chi connectivity index (χ0) is 20.8. The van der Waals surface area contributed by atoms with Gasteiger partial charge in [-0.1, -0.05) is 6.07 Å². The normalized spacial score (nSPS) is 14.2. The van der Waals surface area contributed by atoms with Crippen molar-refractivity contribution in [1.29, 1.82) is 0 Å². The minimum Gasteiger partial charge on any atom is -0.432 e. The number of hydrogen-bond acceptors (Lipinski definition) is 5. The average Bonchev–Trinajstić information content (AvgIpc) is 2.67. The van der Waals surface area contributed by atoms with E-state index in [-0.39, 0.29) is 5.91 Å². The third-order valence-corrected chi connectivity index (χ3v) is 4.36. The Morgan fingerprint density at radius 1 is 1.28 bits per heavy atom. The maximum atomic E-state index is 13.9. The Labute approximate surface area is 166 Å². The molecule has 3 rings (SSSR count). The summed E-state index contributed by atoms with van der Waals surface area (Å²) in [6.45, 7) is -2.08. The highest BCUT2D eigenvalue weighted by Crippen LogP contribution is 2.23. The van der Waals surface area contributed by atoms with E-state index in [0.717, 1.165) is 17.5 Å². The molecule has 1 aromatic carbocycles. The highest BCUT2D eigenvalue weighted by atomic mass is 19.3. The molecular weight excluding hydrogens is 385 g/mol. The minimum absolute atomic E-state index is 0.107. The second kappa shape index (κ2) is 9.42. The van der Waals surface area contributed by atoms with Crippen molar-refractivity contribution in [2.24, 2.45) is 0 Å². The molecule has 0 bridgehead atoms. The zero-order valence-electron chi connectivity index (χ0n) is 15.8. The zero-order valence-corrected chi connectivity index (χ0v) is 15.8. The molecule has 9 heteroatoms. The molecule has 6 nitrogen and oxygen atoms in total. The summed E-state index contributed by atoms with van der Waals surface area (Å²) in [7, 11) is 1.77. The van der Waals surface area contributed by atoms with E-state index in [9.17, 15) is 18.0 Å². The van der Waals surface area contributed by atoms with Gasteiger partial charge in [0.15, 0.2) is 11.6 Å². The van der Waals surface area contributed by atoms with Crippen LogP contribution in [0.1, 0.15) is 17.7 Å². The van der Waals surface area contributed by atoms with Crippen LogP contribution in [0.25, 0.3) is 0 Å². The van der Waals surface area contributed by atoms with Crippen LogP contribution in [0.3, 0.4) is 0 Å². The Morgan fingerprint density at radius 3 is 2.83 bits per heavy atom. The minimum atomic E-state index is -3.08. The number of nitrogens with one attached hydrogen (secondary N) is 3. The van der Waals surface area contributed by atoms with Crippen molar-refractivity contribution < 1.29 is 22.7 Å². The lowest BCUT2D eigenvalue weighted by atomic mass is 10.1. The van der Waals surface area contributed by atoms with Crippen molar-refractivity contribution in [3.63, 3.8) is 0 Å². The number of halogens is 3. The van der Waals surface area contributed by atoms with Crippen LogP contribution in [-0.4, -0.2) is 37.6 Å². The van der Waals surface area contributed by atoms with Gasteiger partial charge in [0, 0.05) is 54.8 Å². The molecule has 0 atom stereocenters. The lowest BCUT2D eigenvalue weighted by Gasteiger charge is -2.22. The van der Waals surface area contributed by atoms with Crippen molar-refractivity contribution in [3.05, 3.63) is 64.9 Å². The topological polar surface area (TPSA) is 75.3 Å². The van der Waals surface area contributed by atoms with Gasteiger partial charge < -0.3 is 20.7 Å². The Bertz CT molecular complexity index is 918. The number of pyridine rings is 1. The Balaban J connectivity index is 1.75. The van der Waals surface area contributed by atoms with Crippen LogP contribution in [-0.2, 0) is 11.2 Å². The molecular formula is C20H21F3N4O2. The fraction of sp³-hybridized carbons (Fsp3) is 0.300. The second-order valence-corrected chi connectivity index (χ2v) is 6.47. The van der Waals surface area contributed by atoms with Gasteiger partial charge in [0.2, 0.25) is 5.91 Å². The van der Waals surface area contributed by atoms with Gasteiger partial charge in [0.1, 0.15) is 0 Å². The molecule has 0 spiro atoms. The van der Waals surface area contributed by atoms with Crippen LogP contribution in [0.15, 0.2) is 47.8 Å². The molecule has 1 aliphatic heterocycles. The summed E-state index contributed by atoms with van der Waals surface area (Å²) < 4.78 is 42.5. The van der Waals surface area contributed by atoms with Crippen LogP contribution in [0.5, 0.6) is 5.75 Å². The molecule has 0 radical (unpaired) electrons. The summed E-state index contributed by atoms with van der Waals surface area (Å²) in [5, 5.41) is 9.08. The number of hydrogen-bond donors (Lipinski definition) is 3. The van der Waals surface area contributed by atoms with E-state index in [4.69, 9.17) is 0 Å². The molecule has 1 aliphatic rings. The first-order valence-corrected chi connectivity index (χ1v) is 9.06. The molecule has 0 fully saturated rings. The number of alkyl halides is 2. The molecule has 0 unspecified atom stereocenters. The molecule has 154 valence electrons. The van der Waals surface area contributed by atoms with E-state index in [1.807, 2.05) is 0 Å². The van der Waals surface area contributed by atoms with Crippen molar-refractivity contribution in [2.45, 2.75) is 19.5 Å². The monoisotopic (exact) mass is 406 g/mol. The number of rotatable bonds is 8. The van der Waals surface area contributed by atoms with Crippen molar-refractivity contribution in [2.75, 3.05) is 25.5 Å². The number of anilines is 1. The Morgan fingerprint density at radius 2 is 2.10 bits per heavy atom. The van der Waals surface area contributed by atoms with E-state index >= 15 is 0 Å². The van der Waals surface area contributed by atoms with Crippen molar-refractivity contribution >= 4 is 11.6 Å². The van der Waals surface area contributed by atoms with E-state index in [0.29, 0.717) is 42.8 Å². The molecule has 0 saturated heterocycles. The standard InChI is InChI=1S/C20H21F3N4O2/c1-24-11-15-17(5-7-26-19(15)28)27-13-4-6-25-14(10-13)8-12-2-3-18(16(21)9-12)29-20(22)23/h2-4,6,9-10,20,24H,5,7-8,11H2,1H3,(H,25,27)(H,26,28). The predicted molar refractivity (Wildman–Crippen MR) is 102 cm³/mol. The molecule has 0 aliphatic carbocycles. The number of amides is 1. The maximum absolute atomic E-state index is 13.9. The second-order valence-electron chi connectivity index (χ2n) is 6.47. The highest BCUT2D eigenvalue weighted by Gasteiger charge is 2.19. The average molecular weight is 406 g/mol. The predicted octanol–water partition coefficient (Wildman–Crippen LogP) is 2.82. The molecule has 1 amide bonds. The summed E-state index contributed by atoms with van der Waals surface area (Å²) in [5.74, 6) is -1.46. The quantitative estimate of drug-likeness (QED) is 0.629. The summed E-state index contributed by atoms with van der Waals surface area (Å²) in [6, 6.07) is 7.42. The molecule has 2 heterocycles. The summed E-state index contributed by atoms with van der Waals surface area (Å²) >= 11 is 0. The number of carbonyl (C=O) groups is 1. The molecule has 2 aromatic rings. The van der Waals surface area contributed by atoms with E-state index in [2.05, 4.69) is 25.7 Å². The third kappa shape index (κ3) is 5.47. The largest absolute Gasteiger partial charge is 0.432 e. The first-order valence-electron chi connectivity index (χ1n) is 9.06. The molecule has 0 saturated carbocycles. The van der Waals surface area contributed by atoms with Gasteiger partial charge in [0.25, 0.3) is 0 Å². The van der Waals surface area contributed by atoms with Gasteiger partial charge in [0.05, 0.1) is 0 Å². The van der Waals surface area contributed by atoms with Crippen molar-refractivity contribution in [3.8, 4) is 5.75 Å². The van der Waals surface area contributed by atoms with Crippen LogP contribution in [0, 0.1) is 5.82 Å². The fourth-order valence-corrected chi connectivity index (χ4v) is 3.08. The number of aromatic nitrogens is 1. The summed E-state index contributed by atoms with van der Waals surface area (Å²) in [6.07, 6.45) is 2.60. The summed E-state index contributed by atoms with van der Waals surface area (Å²) in [5.41, 5.74) is 3.47. The van der Waals surface area contributed by atoms with Gasteiger partial charge in [-0.2, -0.15) is 8.78 Å². The number of carbonyl (C=O) groups excluding carboxylic acids is 1. The van der Waals surface area contributed by atoms with Crippen LogP contribution < -0.4 is 20.7 Å². The van der Waals surface area contributed by atoms with Crippen LogP contribution >= 0.6 is 0 Å². The SMILES string of the molecule is CNCC1=C(Nc2ccnc(Cc3ccc(OC(F)F)c(F)c3)c2)CCNC1=O. The smallest absolute Gasteiger partial charge is 0.387 e. The molecule has 3 N–H and O–H groups in total. The highest BCUT2D eigenvalue weighted by molar-refractivity contribution is 5.96. The first kappa shape index (κ1) is 20.7. The number of nitrogens with zero attached hydrogens (tertiary/aromatic N) is 1. The van der Waals surface area contributed by atoms with Gasteiger partial charge in [-0.25, -0.2) is 4.39 Å². The van der Waals surface area contributed by atoms with Gasteiger partial charge >= 0.3 is 6.61 Å². The van der Waals surface area contributed by atoms with Gasteiger partial charge in [-0.3, -0.25) is 9.78 Å². The first-order chi connectivity index (χ1) is 14.0. The number of ether oxygens (including phenoxy) is 1. The molecule has 29 heavy (non-hydrogen) atoms. The van der Waals surface area contributed by atoms with Crippen LogP contribution in [0.4, 0.5) is 18.9 Å². The maximum Gasteiger partial charge on any atom is 0.387 e. The van der Waals surface area contributed by atoms with E-state index in [1.165, 1.54) is 12.1 Å². The number of benzene rings is 1. The third-order valence-electron chi connectivity index (χ3n) is 4.36. The Kier molecular flexibility index (Phi) is 6.71. The lowest BCUT2D eigenvalue weighted by molar-refractivity contribution is -0.117. The fourth-order valence-electron chi connectivity index (χ4n) is 3.08. The van der Waals surface area contributed by atoms with Crippen LogP contribution in [0.2, 0.25) is 0 Å². The summed E-state index contributed by atoms with van der Waals surface area (Å²) in [4.78, 5) is 16.3. The number of likely N-dealkylation sites (N-methyl/N-ethyl adjacent to an activating group) is 1. The van der Waals surface area contributed by atoms with Gasteiger partial charge in [-0.05, 0) is 36.9 Å².